The second-order valence-electron chi connectivity index (χ2n) is 5.04. The van der Waals surface area contributed by atoms with Crippen LogP contribution in [0.3, 0.4) is 0 Å². The Kier molecular flexibility index (Phi) is 5.09. The van der Waals surface area contributed by atoms with E-state index in [0.717, 1.165) is 24.3 Å². The number of amides is 2. The van der Waals surface area contributed by atoms with Gasteiger partial charge in [-0.25, -0.2) is 4.79 Å². The molecule has 110 valence electrons. The van der Waals surface area contributed by atoms with E-state index in [1.54, 1.807) is 0 Å². The predicted molar refractivity (Wildman–Crippen MR) is 77.3 cm³/mol. The van der Waals surface area contributed by atoms with Crippen molar-refractivity contribution in [2.75, 3.05) is 13.2 Å². The third kappa shape index (κ3) is 4.05. The normalized spacial score (nSPS) is 18.2. The molecule has 0 radical (unpaired) electrons. The average molecular weight is 278 g/mol. The molecule has 0 saturated carbocycles. The van der Waals surface area contributed by atoms with Crippen molar-refractivity contribution in [3.63, 3.8) is 0 Å². The molecule has 0 unspecified atom stereocenters. The lowest BCUT2D eigenvalue weighted by Crippen LogP contribution is -2.46. The SMILES string of the molecule is CCC[C@@H](C)NC(=O)NC[C@H]1COc2ccccc2O1. The molecule has 1 aromatic carbocycles. The predicted octanol–water partition coefficient (Wildman–Crippen LogP) is 2.31. The molecule has 5 heteroatoms. The minimum absolute atomic E-state index is 0.155. The summed E-state index contributed by atoms with van der Waals surface area (Å²) in [5, 5.41) is 5.71. The maximum absolute atomic E-state index is 11.7. The van der Waals surface area contributed by atoms with Gasteiger partial charge in [0, 0.05) is 6.04 Å². The van der Waals surface area contributed by atoms with Gasteiger partial charge < -0.3 is 20.1 Å². The molecule has 1 aliphatic heterocycles. The molecule has 0 aliphatic carbocycles. The summed E-state index contributed by atoms with van der Waals surface area (Å²) in [6, 6.07) is 7.57. The Hall–Kier alpha value is -1.91. The number of nitrogens with one attached hydrogen (secondary N) is 2. The molecule has 2 amide bonds. The van der Waals surface area contributed by atoms with E-state index in [2.05, 4.69) is 17.6 Å². The fourth-order valence-electron chi connectivity index (χ4n) is 2.15. The molecule has 1 heterocycles. The molecule has 1 aromatic rings. The highest BCUT2D eigenvalue weighted by atomic mass is 16.6. The van der Waals surface area contributed by atoms with Gasteiger partial charge in [0.15, 0.2) is 17.6 Å². The van der Waals surface area contributed by atoms with E-state index in [9.17, 15) is 4.79 Å². The third-order valence-corrected chi connectivity index (χ3v) is 3.16. The summed E-state index contributed by atoms with van der Waals surface area (Å²) < 4.78 is 11.4. The zero-order valence-corrected chi connectivity index (χ0v) is 12.0. The minimum atomic E-state index is -0.159. The number of carbonyl (C=O) groups excluding carboxylic acids is 1. The molecule has 0 aromatic heterocycles. The van der Waals surface area contributed by atoms with Crippen molar-refractivity contribution in [2.24, 2.45) is 0 Å². The quantitative estimate of drug-likeness (QED) is 0.869. The molecule has 2 atom stereocenters. The van der Waals surface area contributed by atoms with Crippen LogP contribution in [0.4, 0.5) is 4.79 Å². The van der Waals surface area contributed by atoms with E-state index in [4.69, 9.17) is 9.47 Å². The van der Waals surface area contributed by atoms with E-state index < -0.39 is 0 Å². The highest BCUT2D eigenvalue weighted by Crippen LogP contribution is 2.30. The van der Waals surface area contributed by atoms with Crippen molar-refractivity contribution < 1.29 is 14.3 Å². The topological polar surface area (TPSA) is 59.6 Å². The summed E-state index contributed by atoms with van der Waals surface area (Å²) in [7, 11) is 0. The fraction of sp³-hybridized carbons (Fsp3) is 0.533. The van der Waals surface area contributed by atoms with Crippen LogP contribution in [-0.4, -0.2) is 31.3 Å². The first kappa shape index (κ1) is 14.5. The summed E-state index contributed by atoms with van der Waals surface area (Å²) in [5.74, 6) is 1.48. The Labute approximate surface area is 119 Å². The first-order chi connectivity index (χ1) is 9.69. The van der Waals surface area contributed by atoms with E-state index in [1.165, 1.54) is 0 Å². The third-order valence-electron chi connectivity index (χ3n) is 3.16. The molecule has 5 nitrogen and oxygen atoms in total. The number of carbonyl (C=O) groups is 1. The zero-order chi connectivity index (χ0) is 14.4. The zero-order valence-electron chi connectivity index (χ0n) is 12.0. The Morgan fingerprint density at radius 1 is 1.40 bits per heavy atom. The van der Waals surface area contributed by atoms with Crippen molar-refractivity contribution in [2.45, 2.75) is 38.8 Å². The van der Waals surface area contributed by atoms with E-state index in [-0.39, 0.29) is 18.2 Å². The van der Waals surface area contributed by atoms with Gasteiger partial charge in [0.1, 0.15) is 6.61 Å². The fourth-order valence-corrected chi connectivity index (χ4v) is 2.15. The van der Waals surface area contributed by atoms with Gasteiger partial charge in [-0.05, 0) is 25.5 Å². The molecule has 2 rings (SSSR count). The first-order valence-electron chi connectivity index (χ1n) is 7.12. The molecule has 0 saturated heterocycles. The minimum Gasteiger partial charge on any atom is -0.486 e. The van der Waals surface area contributed by atoms with Crippen LogP contribution in [0.2, 0.25) is 0 Å². The standard InChI is InChI=1S/C15H22N2O3/c1-3-6-11(2)17-15(18)16-9-12-10-19-13-7-4-5-8-14(13)20-12/h4-5,7-8,11-12H,3,6,9-10H2,1-2H3,(H2,16,17,18)/t11-,12+/m1/s1. The van der Waals surface area contributed by atoms with Gasteiger partial charge in [0.05, 0.1) is 6.54 Å². The highest BCUT2D eigenvalue weighted by molar-refractivity contribution is 5.74. The van der Waals surface area contributed by atoms with Crippen LogP contribution in [0.25, 0.3) is 0 Å². The van der Waals surface area contributed by atoms with Gasteiger partial charge in [0.25, 0.3) is 0 Å². The van der Waals surface area contributed by atoms with Crippen LogP contribution in [0.15, 0.2) is 24.3 Å². The molecule has 0 spiro atoms. The lowest BCUT2D eigenvalue weighted by molar-refractivity contribution is 0.0917. The maximum atomic E-state index is 11.7. The molecule has 0 fully saturated rings. The number of para-hydroxylation sites is 2. The van der Waals surface area contributed by atoms with Crippen molar-refractivity contribution in [3.8, 4) is 11.5 Å². The number of hydrogen-bond donors (Lipinski definition) is 2. The number of rotatable bonds is 5. The van der Waals surface area contributed by atoms with Crippen LogP contribution in [0, 0.1) is 0 Å². The van der Waals surface area contributed by atoms with E-state index in [0.29, 0.717) is 13.2 Å². The van der Waals surface area contributed by atoms with Crippen molar-refractivity contribution in [1.82, 2.24) is 10.6 Å². The smallest absolute Gasteiger partial charge is 0.315 e. The number of urea groups is 1. The molecule has 20 heavy (non-hydrogen) atoms. The summed E-state index contributed by atoms with van der Waals surface area (Å²) in [6.45, 7) is 4.97. The lowest BCUT2D eigenvalue weighted by atomic mass is 10.2. The van der Waals surface area contributed by atoms with Crippen LogP contribution >= 0.6 is 0 Å². The van der Waals surface area contributed by atoms with Crippen molar-refractivity contribution >= 4 is 6.03 Å². The summed E-state index contributed by atoms with van der Waals surface area (Å²) in [6.07, 6.45) is 1.87. The van der Waals surface area contributed by atoms with Crippen LogP contribution < -0.4 is 20.1 Å². The van der Waals surface area contributed by atoms with Gasteiger partial charge in [-0.2, -0.15) is 0 Å². The maximum Gasteiger partial charge on any atom is 0.315 e. The largest absolute Gasteiger partial charge is 0.486 e. The Balaban J connectivity index is 1.74. The summed E-state index contributed by atoms with van der Waals surface area (Å²) in [5.41, 5.74) is 0. The molecular formula is C15H22N2O3. The first-order valence-corrected chi connectivity index (χ1v) is 7.12. The average Bonchev–Trinajstić information content (AvgIpc) is 2.45. The Morgan fingerprint density at radius 3 is 2.90 bits per heavy atom. The summed E-state index contributed by atoms with van der Waals surface area (Å²) >= 11 is 0. The van der Waals surface area contributed by atoms with Gasteiger partial charge >= 0.3 is 6.03 Å². The highest BCUT2D eigenvalue weighted by Gasteiger charge is 2.21. The number of ether oxygens (including phenoxy) is 2. The molecule has 0 bridgehead atoms. The second-order valence-corrected chi connectivity index (χ2v) is 5.04. The summed E-state index contributed by atoms with van der Waals surface area (Å²) in [4.78, 5) is 11.7. The number of benzene rings is 1. The Morgan fingerprint density at radius 2 is 2.15 bits per heavy atom. The molecule has 1 aliphatic rings. The van der Waals surface area contributed by atoms with Crippen LogP contribution in [0.1, 0.15) is 26.7 Å². The molecular weight excluding hydrogens is 256 g/mol. The van der Waals surface area contributed by atoms with Crippen molar-refractivity contribution in [3.05, 3.63) is 24.3 Å². The van der Waals surface area contributed by atoms with Gasteiger partial charge in [-0.1, -0.05) is 25.5 Å². The van der Waals surface area contributed by atoms with Gasteiger partial charge in [-0.15, -0.1) is 0 Å². The van der Waals surface area contributed by atoms with Gasteiger partial charge in [-0.3, -0.25) is 0 Å². The van der Waals surface area contributed by atoms with Crippen molar-refractivity contribution in [1.29, 1.82) is 0 Å². The monoisotopic (exact) mass is 278 g/mol. The van der Waals surface area contributed by atoms with Gasteiger partial charge in [0.2, 0.25) is 0 Å². The number of fused-ring (bicyclic) bond motifs is 1. The van der Waals surface area contributed by atoms with E-state index in [1.807, 2.05) is 31.2 Å². The van der Waals surface area contributed by atoms with E-state index >= 15 is 0 Å². The van der Waals surface area contributed by atoms with Crippen LogP contribution in [-0.2, 0) is 0 Å². The number of hydrogen-bond acceptors (Lipinski definition) is 3. The second kappa shape index (κ2) is 7.03. The molecule has 2 N–H and O–H groups in total. The van der Waals surface area contributed by atoms with Crippen LogP contribution in [0.5, 0.6) is 11.5 Å². The lowest BCUT2D eigenvalue weighted by Gasteiger charge is -2.26. The Bertz CT molecular complexity index is 450.